The summed E-state index contributed by atoms with van der Waals surface area (Å²) in [6.07, 6.45) is -0.614. The van der Waals surface area contributed by atoms with Gasteiger partial charge in [0.2, 0.25) is 5.91 Å². The molecule has 2 amide bonds. The summed E-state index contributed by atoms with van der Waals surface area (Å²) in [6, 6.07) is -0.663. The third-order valence-electron chi connectivity index (χ3n) is 2.10. The van der Waals surface area contributed by atoms with Gasteiger partial charge in [-0.3, -0.25) is 4.79 Å². The number of hydrogen-bond donors (Lipinski definition) is 2. The Balaban J connectivity index is 3.78. The van der Waals surface area contributed by atoms with Crippen molar-refractivity contribution in [2.75, 3.05) is 33.5 Å². The second-order valence-corrected chi connectivity index (χ2v) is 5.26. The van der Waals surface area contributed by atoms with Gasteiger partial charge in [-0.1, -0.05) is 0 Å². The van der Waals surface area contributed by atoms with Crippen LogP contribution in [-0.4, -0.2) is 57.1 Å². The number of nitrogens with one attached hydrogen (secondary N) is 2. The molecule has 2 N–H and O–H groups in total. The molecule has 0 heterocycles. The number of ether oxygens (including phenoxy) is 3. The average molecular weight is 290 g/mol. The summed E-state index contributed by atoms with van der Waals surface area (Å²) < 4.78 is 15.1. The fraction of sp³-hybridized carbons (Fsp3) is 0.846. The fourth-order valence-electron chi connectivity index (χ4n) is 1.19. The topological polar surface area (TPSA) is 85.9 Å². The number of amides is 2. The lowest BCUT2D eigenvalue weighted by Crippen LogP contribution is -2.47. The molecular formula is C13H26N2O5. The molecule has 7 heteroatoms. The second kappa shape index (κ2) is 9.55. The molecule has 0 aliphatic carbocycles. The van der Waals surface area contributed by atoms with Crippen molar-refractivity contribution in [3.63, 3.8) is 0 Å². The quantitative estimate of drug-likeness (QED) is 0.642. The summed E-state index contributed by atoms with van der Waals surface area (Å²) in [5.41, 5.74) is -0.588. The molecule has 0 saturated heterocycles. The molecule has 0 fully saturated rings. The van der Waals surface area contributed by atoms with Crippen LogP contribution in [0.2, 0.25) is 0 Å². The molecule has 0 rings (SSSR count). The molecule has 118 valence electrons. The third-order valence-corrected chi connectivity index (χ3v) is 2.10. The number of carbonyl (C=O) groups is 2. The van der Waals surface area contributed by atoms with Crippen LogP contribution >= 0.6 is 0 Å². The van der Waals surface area contributed by atoms with E-state index in [-0.39, 0.29) is 5.91 Å². The van der Waals surface area contributed by atoms with E-state index in [1.54, 1.807) is 34.8 Å². The van der Waals surface area contributed by atoms with Crippen LogP contribution in [0.15, 0.2) is 0 Å². The molecule has 1 unspecified atom stereocenters. The summed E-state index contributed by atoms with van der Waals surface area (Å²) in [7, 11) is 1.59. The zero-order valence-electron chi connectivity index (χ0n) is 12.9. The summed E-state index contributed by atoms with van der Waals surface area (Å²) in [4.78, 5) is 23.1. The van der Waals surface area contributed by atoms with Crippen LogP contribution < -0.4 is 10.6 Å². The van der Waals surface area contributed by atoms with E-state index in [1.807, 2.05) is 0 Å². The number of hydrogen-bond acceptors (Lipinski definition) is 5. The minimum Gasteiger partial charge on any atom is -0.444 e. The predicted molar refractivity (Wildman–Crippen MR) is 74.5 cm³/mol. The average Bonchev–Trinajstić information content (AvgIpc) is 2.30. The first-order chi connectivity index (χ1) is 9.26. The second-order valence-electron chi connectivity index (χ2n) is 5.26. The molecule has 0 aromatic carbocycles. The maximum atomic E-state index is 11.7. The van der Waals surface area contributed by atoms with Crippen LogP contribution in [0.4, 0.5) is 4.79 Å². The summed E-state index contributed by atoms with van der Waals surface area (Å²) in [6.45, 7) is 8.64. The maximum absolute atomic E-state index is 11.7. The largest absolute Gasteiger partial charge is 0.444 e. The Kier molecular flexibility index (Phi) is 8.91. The lowest BCUT2D eigenvalue weighted by molar-refractivity contribution is -0.123. The first-order valence-electron chi connectivity index (χ1n) is 6.60. The minimum atomic E-state index is -0.663. The Morgan fingerprint density at radius 1 is 1.15 bits per heavy atom. The standard InChI is InChI=1S/C13H26N2O5/c1-10(15-12(17)20-13(2,3)4)11(16)14-6-7-19-9-8-18-5/h10H,6-9H2,1-5H3,(H,14,16)(H,15,17). The van der Waals surface area contributed by atoms with Gasteiger partial charge < -0.3 is 24.8 Å². The first-order valence-corrected chi connectivity index (χ1v) is 6.60. The van der Waals surface area contributed by atoms with Gasteiger partial charge in [-0.05, 0) is 27.7 Å². The van der Waals surface area contributed by atoms with Crippen molar-refractivity contribution < 1.29 is 23.8 Å². The highest BCUT2D eigenvalue weighted by atomic mass is 16.6. The van der Waals surface area contributed by atoms with Gasteiger partial charge in [0.05, 0.1) is 19.8 Å². The van der Waals surface area contributed by atoms with Gasteiger partial charge in [0, 0.05) is 13.7 Å². The third kappa shape index (κ3) is 10.6. The molecule has 7 nitrogen and oxygen atoms in total. The summed E-state index contributed by atoms with van der Waals surface area (Å²) >= 11 is 0. The van der Waals surface area contributed by atoms with Gasteiger partial charge in [0.1, 0.15) is 11.6 Å². The Morgan fingerprint density at radius 3 is 2.35 bits per heavy atom. The van der Waals surface area contributed by atoms with Crippen LogP contribution in [0.3, 0.4) is 0 Å². The molecule has 20 heavy (non-hydrogen) atoms. The number of rotatable bonds is 8. The Bertz CT molecular complexity index is 302. The molecule has 0 bridgehead atoms. The van der Waals surface area contributed by atoms with Gasteiger partial charge in [-0.25, -0.2) is 4.79 Å². The molecule has 0 radical (unpaired) electrons. The fourth-order valence-corrected chi connectivity index (χ4v) is 1.19. The highest BCUT2D eigenvalue weighted by Gasteiger charge is 2.20. The zero-order valence-corrected chi connectivity index (χ0v) is 12.9. The van der Waals surface area contributed by atoms with Crippen LogP contribution in [0.5, 0.6) is 0 Å². The van der Waals surface area contributed by atoms with E-state index < -0.39 is 17.7 Å². The van der Waals surface area contributed by atoms with Crippen molar-refractivity contribution in [1.29, 1.82) is 0 Å². The monoisotopic (exact) mass is 290 g/mol. The molecule has 0 aliphatic rings. The Labute approximate surface area is 120 Å². The maximum Gasteiger partial charge on any atom is 0.408 e. The molecule has 0 aliphatic heterocycles. The first kappa shape index (κ1) is 18.7. The van der Waals surface area contributed by atoms with Gasteiger partial charge >= 0.3 is 6.09 Å². The van der Waals surface area contributed by atoms with Crippen molar-refractivity contribution in [1.82, 2.24) is 10.6 Å². The molecule has 0 aromatic rings. The summed E-state index contributed by atoms with van der Waals surface area (Å²) in [5.74, 6) is -0.286. The van der Waals surface area contributed by atoms with E-state index in [4.69, 9.17) is 14.2 Å². The van der Waals surface area contributed by atoms with Crippen LogP contribution in [-0.2, 0) is 19.0 Å². The van der Waals surface area contributed by atoms with Crippen molar-refractivity contribution >= 4 is 12.0 Å². The van der Waals surface area contributed by atoms with Gasteiger partial charge in [0.15, 0.2) is 0 Å². The number of carbonyl (C=O) groups excluding carboxylic acids is 2. The smallest absolute Gasteiger partial charge is 0.408 e. The van der Waals surface area contributed by atoms with E-state index >= 15 is 0 Å². The van der Waals surface area contributed by atoms with E-state index in [0.29, 0.717) is 26.4 Å². The zero-order chi connectivity index (χ0) is 15.6. The van der Waals surface area contributed by atoms with Crippen molar-refractivity contribution in [3.05, 3.63) is 0 Å². The molecule has 0 aromatic heterocycles. The lowest BCUT2D eigenvalue weighted by Gasteiger charge is -2.21. The van der Waals surface area contributed by atoms with Crippen molar-refractivity contribution in [2.24, 2.45) is 0 Å². The van der Waals surface area contributed by atoms with E-state index in [2.05, 4.69) is 10.6 Å². The lowest BCUT2D eigenvalue weighted by atomic mass is 10.2. The Hall–Kier alpha value is -1.34. The number of methoxy groups -OCH3 is 1. The Morgan fingerprint density at radius 2 is 1.80 bits per heavy atom. The van der Waals surface area contributed by atoms with Crippen LogP contribution in [0, 0.1) is 0 Å². The van der Waals surface area contributed by atoms with Crippen LogP contribution in [0.1, 0.15) is 27.7 Å². The summed E-state index contributed by atoms with van der Waals surface area (Å²) in [5, 5.41) is 5.12. The molecule has 1 atom stereocenters. The van der Waals surface area contributed by atoms with Crippen molar-refractivity contribution in [2.45, 2.75) is 39.3 Å². The molecule has 0 saturated carbocycles. The van der Waals surface area contributed by atoms with Gasteiger partial charge in [-0.2, -0.15) is 0 Å². The van der Waals surface area contributed by atoms with Crippen molar-refractivity contribution in [3.8, 4) is 0 Å². The predicted octanol–water partition coefficient (Wildman–Crippen LogP) is 0.679. The van der Waals surface area contributed by atoms with Gasteiger partial charge in [0.25, 0.3) is 0 Å². The SMILES string of the molecule is COCCOCCNC(=O)C(C)NC(=O)OC(C)(C)C. The molecular weight excluding hydrogens is 264 g/mol. The van der Waals surface area contributed by atoms with Crippen LogP contribution in [0.25, 0.3) is 0 Å². The minimum absolute atomic E-state index is 0.286. The van der Waals surface area contributed by atoms with E-state index in [0.717, 1.165) is 0 Å². The normalized spacial score (nSPS) is 12.7. The number of alkyl carbamates (subject to hydrolysis) is 1. The van der Waals surface area contributed by atoms with E-state index in [1.165, 1.54) is 0 Å². The highest BCUT2D eigenvalue weighted by Crippen LogP contribution is 2.06. The van der Waals surface area contributed by atoms with Gasteiger partial charge in [-0.15, -0.1) is 0 Å². The highest BCUT2D eigenvalue weighted by molar-refractivity contribution is 5.85. The van der Waals surface area contributed by atoms with E-state index in [9.17, 15) is 9.59 Å². The molecule has 0 spiro atoms.